The van der Waals surface area contributed by atoms with Gasteiger partial charge in [0.1, 0.15) is 5.75 Å². The first-order chi connectivity index (χ1) is 12.5. The lowest BCUT2D eigenvalue weighted by molar-refractivity contribution is -0.129. The Kier molecular flexibility index (Phi) is 7.21. The van der Waals surface area contributed by atoms with Crippen molar-refractivity contribution >= 4 is 11.9 Å². The molecule has 0 unspecified atom stereocenters. The van der Waals surface area contributed by atoms with Gasteiger partial charge in [0.2, 0.25) is 0 Å². The summed E-state index contributed by atoms with van der Waals surface area (Å²) in [6, 6.07) is 16.6. The molecule has 0 radical (unpaired) electrons. The topological polar surface area (TPSA) is 64.6 Å². The van der Waals surface area contributed by atoms with Gasteiger partial charge in [-0.05, 0) is 43.2 Å². The normalized spacial score (nSPS) is 12.7. The van der Waals surface area contributed by atoms with Gasteiger partial charge in [0.25, 0.3) is 5.91 Å². The van der Waals surface area contributed by atoms with Gasteiger partial charge in [0.15, 0.2) is 6.10 Å². The first kappa shape index (κ1) is 19.5. The zero-order chi connectivity index (χ0) is 18.9. The maximum Gasteiger partial charge on any atom is 0.338 e. The van der Waals surface area contributed by atoms with Crippen molar-refractivity contribution in [2.75, 3.05) is 13.7 Å². The second-order valence-electron chi connectivity index (χ2n) is 6.04. The van der Waals surface area contributed by atoms with Crippen molar-refractivity contribution in [3.8, 4) is 5.75 Å². The van der Waals surface area contributed by atoms with E-state index >= 15 is 0 Å². The number of esters is 1. The van der Waals surface area contributed by atoms with Gasteiger partial charge >= 0.3 is 5.97 Å². The van der Waals surface area contributed by atoms with Crippen LogP contribution in [0.15, 0.2) is 54.6 Å². The predicted octanol–water partition coefficient (Wildman–Crippen LogP) is 3.55. The van der Waals surface area contributed by atoms with Crippen molar-refractivity contribution in [3.63, 3.8) is 0 Å². The van der Waals surface area contributed by atoms with E-state index in [9.17, 15) is 9.59 Å². The summed E-state index contributed by atoms with van der Waals surface area (Å²) in [4.78, 5) is 24.4. The van der Waals surface area contributed by atoms with Gasteiger partial charge in [-0.2, -0.15) is 0 Å². The molecular weight excluding hydrogens is 330 g/mol. The summed E-state index contributed by atoms with van der Waals surface area (Å²) in [5.41, 5.74) is 1.55. The van der Waals surface area contributed by atoms with E-state index in [1.54, 1.807) is 38.3 Å². The Bertz CT molecular complexity index is 713. The van der Waals surface area contributed by atoms with E-state index < -0.39 is 12.1 Å². The molecule has 5 nitrogen and oxygen atoms in total. The Hall–Kier alpha value is -2.82. The molecule has 0 saturated carbocycles. The minimum atomic E-state index is -0.863. The molecular formula is C21H25NO4. The van der Waals surface area contributed by atoms with E-state index in [-0.39, 0.29) is 11.8 Å². The molecule has 0 fully saturated rings. The van der Waals surface area contributed by atoms with Crippen LogP contribution in [-0.4, -0.2) is 31.6 Å². The lowest BCUT2D eigenvalue weighted by Crippen LogP contribution is -2.38. The minimum Gasteiger partial charge on any atom is -0.497 e. The van der Waals surface area contributed by atoms with Crippen LogP contribution in [0.2, 0.25) is 0 Å². The van der Waals surface area contributed by atoms with Gasteiger partial charge in [-0.15, -0.1) is 0 Å². The van der Waals surface area contributed by atoms with E-state index in [0.29, 0.717) is 17.9 Å². The number of rotatable bonds is 8. The summed E-state index contributed by atoms with van der Waals surface area (Å²) < 4.78 is 10.3. The first-order valence-corrected chi connectivity index (χ1v) is 8.72. The second-order valence-corrected chi connectivity index (χ2v) is 6.04. The van der Waals surface area contributed by atoms with Crippen molar-refractivity contribution in [1.29, 1.82) is 0 Å². The fraction of sp³-hybridized carbons (Fsp3) is 0.333. The van der Waals surface area contributed by atoms with Gasteiger partial charge in [-0.3, -0.25) is 4.79 Å². The van der Waals surface area contributed by atoms with Crippen LogP contribution in [0.5, 0.6) is 5.75 Å². The summed E-state index contributed by atoms with van der Waals surface area (Å²) in [6.45, 7) is 4.15. The van der Waals surface area contributed by atoms with E-state index in [4.69, 9.17) is 9.47 Å². The fourth-order valence-corrected chi connectivity index (χ4v) is 2.60. The summed E-state index contributed by atoms with van der Waals surface area (Å²) >= 11 is 0. The zero-order valence-electron chi connectivity index (χ0n) is 15.4. The molecule has 2 atom stereocenters. The monoisotopic (exact) mass is 355 g/mol. The standard InChI is InChI=1S/C21H25NO4/c1-4-16(17-8-6-5-7-9-17)14-22-20(23)15(2)26-21(24)18-10-12-19(25-3)13-11-18/h5-13,15-16H,4,14H2,1-3H3,(H,22,23)/t15-,16-/m0/s1. The SMILES string of the molecule is CC[C@@H](CNC(=O)[C@H](C)OC(=O)c1ccc(OC)cc1)c1ccccc1. The molecule has 0 heterocycles. The highest BCUT2D eigenvalue weighted by Gasteiger charge is 2.20. The first-order valence-electron chi connectivity index (χ1n) is 8.72. The number of amides is 1. The molecule has 0 spiro atoms. The lowest BCUT2D eigenvalue weighted by Gasteiger charge is -2.18. The average molecular weight is 355 g/mol. The molecule has 2 rings (SSSR count). The molecule has 0 saturated heterocycles. The summed E-state index contributed by atoms with van der Waals surface area (Å²) in [6.07, 6.45) is 0.0440. The van der Waals surface area contributed by atoms with Gasteiger partial charge in [-0.25, -0.2) is 4.79 Å². The quantitative estimate of drug-likeness (QED) is 0.736. The second kappa shape index (κ2) is 9.61. The number of hydrogen-bond acceptors (Lipinski definition) is 4. The lowest BCUT2D eigenvalue weighted by atomic mass is 9.96. The van der Waals surface area contributed by atoms with Crippen LogP contribution in [0.1, 0.15) is 42.1 Å². The summed E-state index contributed by atoms with van der Waals surface area (Å²) in [5.74, 6) is 0.0372. The zero-order valence-corrected chi connectivity index (χ0v) is 15.4. The minimum absolute atomic E-state index is 0.227. The van der Waals surface area contributed by atoms with Gasteiger partial charge in [0.05, 0.1) is 12.7 Å². The fourth-order valence-electron chi connectivity index (χ4n) is 2.60. The Morgan fingerprint density at radius 3 is 2.27 bits per heavy atom. The van der Waals surface area contributed by atoms with Gasteiger partial charge in [-0.1, -0.05) is 37.3 Å². The molecule has 2 aromatic carbocycles. The molecule has 0 aliphatic heterocycles. The van der Waals surface area contributed by atoms with Crippen LogP contribution in [0.4, 0.5) is 0 Å². The maximum absolute atomic E-state index is 12.3. The molecule has 0 aromatic heterocycles. The number of benzene rings is 2. The van der Waals surface area contributed by atoms with Crippen LogP contribution in [-0.2, 0) is 9.53 Å². The van der Waals surface area contributed by atoms with E-state index in [1.807, 2.05) is 30.3 Å². The predicted molar refractivity (Wildman–Crippen MR) is 100 cm³/mol. The van der Waals surface area contributed by atoms with Crippen LogP contribution >= 0.6 is 0 Å². The molecule has 138 valence electrons. The molecule has 0 aliphatic carbocycles. The van der Waals surface area contributed by atoms with Crippen molar-refractivity contribution < 1.29 is 19.1 Å². The third-order valence-electron chi connectivity index (χ3n) is 4.27. The number of hydrogen-bond donors (Lipinski definition) is 1. The highest BCUT2D eigenvalue weighted by Crippen LogP contribution is 2.18. The number of methoxy groups -OCH3 is 1. The third kappa shape index (κ3) is 5.34. The van der Waals surface area contributed by atoms with E-state index in [2.05, 4.69) is 12.2 Å². The maximum atomic E-state index is 12.3. The summed E-state index contributed by atoms with van der Waals surface area (Å²) in [7, 11) is 1.55. The Morgan fingerprint density at radius 1 is 1.04 bits per heavy atom. The number of carbonyl (C=O) groups excluding carboxylic acids is 2. The van der Waals surface area contributed by atoms with Crippen molar-refractivity contribution in [2.45, 2.75) is 32.3 Å². The molecule has 1 amide bonds. The number of carbonyl (C=O) groups is 2. The van der Waals surface area contributed by atoms with Crippen molar-refractivity contribution in [3.05, 3.63) is 65.7 Å². The highest BCUT2D eigenvalue weighted by molar-refractivity contribution is 5.92. The molecule has 2 aromatic rings. The number of ether oxygens (including phenoxy) is 2. The summed E-state index contributed by atoms with van der Waals surface area (Å²) in [5, 5.41) is 2.87. The van der Waals surface area contributed by atoms with Crippen molar-refractivity contribution in [1.82, 2.24) is 5.32 Å². The highest BCUT2D eigenvalue weighted by atomic mass is 16.5. The van der Waals surface area contributed by atoms with E-state index in [0.717, 1.165) is 6.42 Å². The molecule has 0 bridgehead atoms. The molecule has 0 aliphatic rings. The number of nitrogens with one attached hydrogen (secondary N) is 1. The van der Waals surface area contributed by atoms with Crippen LogP contribution in [0, 0.1) is 0 Å². The van der Waals surface area contributed by atoms with E-state index in [1.165, 1.54) is 5.56 Å². The van der Waals surface area contributed by atoms with Crippen LogP contribution < -0.4 is 10.1 Å². The average Bonchev–Trinajstić information content (AvgIpc) is 2.69. The molecule has 5 heteroatoms. The van der Waals surface area contributed by atoms with Crippen LogP contribution in [0.3, 0.4) is 0 Å². The largest absolute Gasteiger partial charge is 0.497 e. The Labute approximate surface area is 154 Å². The molecule has 26 heavy (non-hydrogen) atoms. The smallest absolute Gasteiger partial charge is 0.338 e. The Balaban J connectivity index is 1.87. The van der Waals surface area contributed by atoms with Gasteiger partial charge < -0.3 is 14.8 Å². The van der Waals surface area contributed by atoms with Crippen molar-refractivity contribution in [2.24, 2.45) is 0 Å². The molecule has 1 N–H and O–H groups in total. The Morgan fingerprint density at radius 2 is 1.69 bits per heavy atom. The van der Waals surface area contributed by atoms with Gasteiger partial charge in [0, 0.05) is 12.5 Å². The third-order valence-corrected chi connectivity index (χ3v) is 4.27. The van der Waals surface area contributed by atoms with Crippen LogP contribution in [0.25, 0.3) is 0 Å².